The number of hydrogen-bond acceptors (Lipinski definition) is 3. The molecule has 1 aliphatic heterocycles. The second-order valence-corrected chi connectivity index (χ2v) is 6.40. The molecular weight excluding hydrogens is 328 g/mol. The summed E-state index contributed by atoms with van der Waals surface area (Å²) in [6, 6.07) is 15.0. The van der Waals surface area contributed by atoms with E-state index in [9.17, 15) is 9.59 Å². The fourth-order valence-corrected chi connectivity index (χ4v) is 3.07. The van der Waals surface area contributed by atoms with Gasteiger partial charge in [0.1, 0.15) is 5.75 Å². The van der Waals surface area contributed by atoms with E-state index in [-0.39, 0.29) is 18.4 Å². The van der Waals surface area contributed by atoms with Gasteiger partial charge in [-0.15, -0.1) is 0 Å². The molecule has 0 fully saturated rings. The Morgan fingerprint density at radius 2 is 1.88 bits per heavy atom. The molecule has 26 heavy (non-hydrogen) atoms. The molecule has 0 saturated carbocycles. The Bertz CT molecular complexity index is 786. The molecule has 3 rings (SSSR count). The van der Waals surface area contributed by atoms with Crippen LogP contribution in [0.15, 0.2) is 48.5 Å². The van der Waals surface area contributed by atoms with Crippen LogP contribution in [-0.4, -0.2) is 31.5 Å². The van der Waals surface area contributed by atoms with E-state index in [0.717, 1.165) is 19.3 Å². The molecule has 0 spiro atoms. The van der Waals surface area contributed by atoms with Crippen LogP contribution in [0, 0.1) is 0 Å². The molecule has 0 bridgehead atoms. The van der Waals surface area contributed by atoms with Crippen LogP contribution in [0.5, 0.6) is 5.75 Å². The maximum Gasteiger partial charge on any atom is 0.262 e. The quantitative estimate of drug-likeness (QED) is 0.899. The molecule has 1 N–H and O–H groups in total. The lowest BCUT2D eigenvalue weighted by Crippen LogP contribution is -2.50. The molecule has 0 aromatic heterocycles. The van der Waals surface area contributed by atoms with Gasteiger partial charge in [0.15, 0.2) is 6.10 Å². The Hall–Kier alpha value is -2.82. The summed E-state index contributed by atoms with van der Waals surface area (Å²) in [7, 11) is 1.56. The van der Waals surface area contributed by atoms with Gasteiger partial charge in [-0.05, 0) is 42.7 Å². The first-order chi connectivity index (χ1) is 12.6. The minimum absolute atomic E-state index is 0.128. The van der Waals surface area contributed by atoms with Gasteiger partial charge in [-0.25, -0.2) is 0 Å². The van der Waals surface area contributed by atoms with Crippen molar-refractivity contribution < 1.29 is 14.3 Å². The fourth-order valence-electron chi connectivity index (χ4n) is 3.07. The second-order valence-electron chi connectivity index (χ2n) is 6.40. The van der Waals surface area contributed by atoms with Crippen molar-refractivity contribution >= 4 is 17.5 Å². The molecule has 0 saturated heterocycles. The third-order valence-corrected chi connectivity index (χ3v) is 4.58. The number of amides is 2. The molecule has 2 aromatic carbocycles. The standard InChI is InChI=1S/C21H24N2O3/c1-3-4-7-15-10-12-16(13-11-15)21(25)23-14-19(20(24)22-2)26-18-9-6-5-8-17(18)23/h5-6,8-13,19H,3-4,7,14H2,1-2H3,(H,22,24)/t19-/m1/s1. The van der Waals surface area contributed by atoms with Crippen molar-refractivity contribution in [2.75, 3.05) is 18.5 Å². The Morgan fingerprint density at radius 3 is 2.58 bits per heavy atom. The number of nitrogens with one attached hydrogen (secondary N) is 1. The number of carbonyl (C=O) groups is 2. The van der Waals surface area contributed by atoms with Crippen molar-refractivity contribution in [2.24, 2.45) is 0 Å². The number of hydrogen-bond donors (Lipinski definition) is 1. The lowest BCUT2D eigenvalue weighted by Gasteiger charge is -2.34. The molecule has 5 heteroatoms. The highest BCUT2D eigenvalue weighted by atomic mass is 16.5. The first-order valence-corrected chi connectivity index (χ1v) is 9.02. The summed E-state index contributed by atoms with van der Waals surface area (Å²) >= 11 is 0. The molecule has 1 aliphatic rings. The molecule has 0 radical (unpaired) electrons. The van der Waals surface area contributed by atoms with Crippen LogP contribution in [0.25, 0.3) is 0 Å². The van der Waals surface area contributed by atoms with Gasteiger partial charge in [-0.2, -0.15) is 0 Å². The molecular formula is C21H24N2O3. The summed E-state index contributed by atoms with van der Waals surface area (Å²) in [5.41, 5.74) is 2.53. The third-order valence-electron chi connectivity index (χ3n) is 4.58. The first kappa shape index (κ1) is 18.0. The summed E-state index contributed by atoms with van der Waals surface area (Å²) in [5.74, 6) is 0.171. The van der Waals surface area contributed by atoms with Crippen LogP contribution < -0.4 is 15.0 Å². The smallest absolute Gasteiger partial charge is 0.262 e. The number of para-hydroxylation sites is 2. The fraction of sp³-hybridized carbons (Fsp3) is 0.333. The number of benzene rings is 2. The first-order valence-electron chi connectivity index (χ1n) is 9.02. The van der Waals surface area contributed by atoms with Crippen molar-refractivity contribution in [3.63, 3.8) is 0 Å². The van der Waals surface area contributed by atoms with Gasteiger partial charge in [-0.3, -0.25) is 9.59 Å². The zero-order chi connectivity index (χ0) is 18.5. The van der Waals surface area contributed by atoms with E-state index in [2.05, 4.69) is 12.2 Å². The number of likely N-dealkylation sites (N-methyl/N-ethyl adjacent to an activating group) is 1. The van der Waals surface area contributed by atoms with Crippen LogP contribution in [0.3, 0.4) is 0 Å². The molecule has 2 aromatic rings. The molecule has 1 heterocycles. The number of aryl methyl sites for hydroxylation is 1. The van der Waals surface area contributed by atoms with E-state index in [1.54, 1.807) is 18.0 Å². The van der Waals surface area contributed by atoms with Gasteiger partial charge in [0.05, 0.1) is 12.2 Å². The Kier molecular flexibility index (Phi) is 5.56. The van der Waals surface area contributed by atoms with Gasteiger partial charge in [0, 0.05) is 12.6 Å². The van der Waals surface area contributed by atoms with E-state index in [1.807, 2.05) is 42.5 Å². The van der Waals surface area contributed by atoms with Crippen molar-refractivity contribution in [1.29, 1.82) is 0 Å². The molecule has 136 valence electrons. The number of fused-ring (bicyclic) bond motifs is 1. The highest BCUT2D eigenvalue weighted by Crippen LogP contribution is 2.34. The van der Waals surface area contributed by atoms with Gasteiger partial charge >= 0.3 is 0 Å². The van der Waals surface area contributed by atoms with Crippen LogP contribution in [0.4, 0.5) is 5.69 Å². The summed E-state index contributed by atoms with van der Waals surface area (Å²) in [6.45, 7) is 2.35. The van der Waals surface area contributed by atoms with Crippen molar-refractivity contribution in [1.82, 2.24) is 5.32 Å². The highest BCUT2D eigenvalue weighted by molar-refractivity contribution is 6.07. The van der Waals surface area contributed by atoms with Gasteiger partial charge in [0.2, 0.25) is 0 Å². The molecule has 2 amide bonds. The van der Waals surface area contributed by atoms with E-state index in [4.69, 9.17) is 4.74 Å². The lowest BCUT2D eigenvalue weighted by molar-refractivity contribution is -0.127. The van der Waals surface area contributed by atoms with E-state index in [1.165, 1.54) is 5.56 Å². The van der Waals surface area contributed by atoms with Crippen LogP contribution in [0.2, 0.25) is 0 Å². The van der Waals surface area contributed by atoms with Gasteiger partial charge < -0.3 is 15.0 Å². The molecule has 1 atom stereocenters. The summed E-state index contributed by atoms with van der Waals surface area (Å²) in [6.07, 6.45) is 2.58. The van der Waals surface area contributed by atoms with Crippen molar-refractivity contribution in [3.8, 4) is 5.75 Å². The van der Waals surface area contributed by atoms with Gasteiger partial charge in [0.25, 0.3) is 11.8 Å². The molecule has 0 aliphatic carbocycles. The number of ether oxygens (including phenoxy) is 1. The highest BCUT2D eigenvalue weighted by Gasteiger charge is 2.33. The number of carbonyl (C=O) groups excluding carboxylic acids is 2. The van der Waals surface area contributed by atoms with Gasteiger partial charge in [-0.1, -0.05) is 37.6 Å². The Morgan fingerprint density at radius 1 is 1.15 bits per heavy atom. The number of anilines is 1. The predicted octanol–water partition coefficient (Wildman–Crippen LogP) is 3.18. The summed E-state index contributed by atoms with van der Waals surface area (Å²) < 4.78 is 5.76. The maximum atomic E-state index is 13.1. The number of unbranched alkanes of at least 4 members (excludes halogenated alkanes) is 1. The number of nitrogens with zero attached hydrogens (tertiary/aromatic N) is 1. The predicted molar refractivity (Wildman–Crippen MR) is 102 cm³/mol. The SMILES string of the molecule is CCCCc1ccc(C(=O)N2C[C@H](C(=O)NC)Oc3ccccc32)cc1. The average molecular weight is 352 g/mol. The molecule has 5 nitrogen and oxygen atoms in total. The molecule has 0 unspecified atom stereocenters. The third kappa shape index (κ3) is 3.72. The monoisotopic (exact) mass is 352 g/mol. The van der Waals surface area contributed by atoms with Crippen molar-refractivity contribution in [2.45, 2.75) is 32.3 Å². The second kappa shape index (κ2) is 8.04. The number of rotatable bonds is 5. The van der Waals surface area contributed by atoms with E-state index in [0.29, 0.717) is 17.0 Å². The normalized spacial score (nSPS) is 15.8. The summed E-state index contributed by atoms with van der Waals surface area (Å²) in [5, 5.41) is 2.59. The lowest BCUT2D eigenvalue weighted by atomic mass is 10.0. The maximum absolute atomic E-state index is 13.1. The minimum Gasteiger partial charge on any atom is -0.477 e. The average Bonchev–Trinajstić information content (AvgIpc) is 2.70. The Labute approximate surface area is 154 Å². The van der Waals surface area contributed by atoms with E-state index >= 15 is 0 Å². The minimum atomic E-state index is -0.720. The Balaban J connectivity index is 1.86. The largest absolute Gasteiger partial charge is 0.477 e. The van der Waals surface area contributed by atoms with E-state index < -0.39 is 6.10 Å². The van der Waals surface area contributed by atoms with Crippen LogP contribution in [0.1, 0.15) is 35.7 Å². The summed E-state index contributed by atoms with van der Waals surface area (Å²) in [4.78, 5) is 26.8. The zero-order valence-electron chi connectivity index (χ0n) is 15.2. The van der Waals surface area contributed by atoms with Crippen molar-refractivity contribution in [3.05, 3.63) is 59.7 Å². The van der Waals surface area contributed by atoms with Crippen LogP contribution >= 0.6 is 0 Å². The zero-order valence-corrected chi connectivity index (χ0v) is 15.2. The topological polar surface area (TPSA) is 58.6 Å². The van der Waals surface area contributed by atoms with Crippen LogP contribution in [-0.2, 0) is 11.2 Å².